The van der Waals surface area contributed by atoms with Gasteiger partial charge in [0.2, 0.25) is 10.0 Å². The van der Waals surface area contributed by atoms with Crippen molar-refractivity contribution >= 4 is 38.9 Å². The van der Waals surface area contributed by atoms with Gasteiger partial charge in [-0.05, 0) is 47.7 Å². The molecule has 2 N–H and O–H groups in total. The summed E-state index contributed by atoms with van der Waals surface area (Å²) in [6.07, 6.45) is 0. The number of thiophene rings is 1. The van der Waals surface area contributed by atoms with Gasteiger partial charge < -0.3 is 5.32 Å². The van der Waals surface area contributed by atoms with Crippen LogP contribution in [0.3, 0.4) is 0 Å². The molecule has 0 bridgehead atoms. The highest BCUT2D eigenvalue weighted by molar-refractivity contribution is 7.89. The molecule has 2 aromatic carbocycles. The fourth-order valence-corrected chi connectivity index (χ4v) is 4.94. The zero-order valence-corrected chi connectivity index (χ0v) is 17.5. The van der Waals surface area contributed by atoms with Gasteiger partial charge in [0.05, 0.1) is 11.6 Å². The minimum absolute atomic E-state index is 0.0613. The Morgan fingerprint density at radius 1 is 1.07 bits per heavy atom. The van der Waals surface area contributed by atoms with E-state index in [1.165, 1.54) is 18.2 Å². The number of hydrogen-bond donors (Lipinski definition) is 2. The van der Waals surface area contributed by atoms with Gasteiger partial charge in [-0.2, -0.15) is 0 Å². The van der Waals surface area contributed by atoms with Gasteiger partial charge in [0.15, 0.2) is 0 Å². The quantitative estimate of drug-likeness (QED) is 0.587. The number of nitrogens with one attached hydrogen (secondary N) is 2. The van der Waals surface area contributed by atoms with Crippen molar-refractivity contribution in [3.63, 3.8) is 0 Å². The average Bonchev–Trinajstić information content (AvgIpc) is 3.10. The molecule has 0 aliphatic rings. The second kappa shape index (κ2) is 8.87. The van der Waals surface area contributed by atoms with Gasteiger partial charge >= 0.3 is 0 Å². The standard InChI is InChI=1S/C20H19ClN2O3S2/c1-14-9-10-27-18(14)13-22-20(24)16-7-8-17(21)19(11-16)28(25,26)23-12-15-5-3-2-4-6-15/h2-11,23H,12-13H2,1H3,(H,22,24). The van der Waals surface area contributed by atoms with E-state index < -0.39 is 10.0 Å². The van der Waals surface area contributed by atoms with Crippen molar-refractivity contribution in [1.82, 2.24) is 10.0 Å². The largest absolute Gasteiger partial charge is 0.347 e. The third-order valence-electron chi connectivity index (χ3n) is 4.17. The molecular formula is C20H19ClN2O3S2. The predicted molar refractivity (Wildman–Crippen MR) is 112 cm³/mol. The van der Waals surface area contributed by atoms with Crippen LogP contribution in [0.15, 0.2) is 64.9 Å². The highest BCUT2D eigenvalue weighted by Crippen LogP contribution is 2.23. The van der Waals surface area contributed by atoms with E-state index >= 15 is 0 Å². The van der Waals surface area contributed by atoms with Crippen LogP contribution >= 0.6 is 22.9 Å². The molecular weight excluding hydrogens is 416 g/mol. The Hall–Kier alpha value is -2.19. The first-order chi connectivity index (χ1) is 13.4. The number of carbonyl (C=O) groups excluding carboxylic acids is 1. The lowest BCUT2D eigenvalue weighted by Crippen LogP contribution is -2.25. The third-order valence-corrected chi connectivity index (χ3v) is 7.08. The zero-order chi connectivity index (χ0) is 20.1. The summed E-state index contributed by atoms with van der Waals surface area (Å²) in [4.78, 5) is 13.4. The molecule has 1 aromatic heterocycles. The lowest BCUT2D eigenvalue weighted by atomic mass is 10.2. The molecule has 0 atom stereocenters. The number of halogens is 1. The van der Waals surface area contributed by atoms with E-state index in [9.17, 15) is 13.2 Å². The Morgan fingerprint density at radius 2 is 1.82 bits per heavy atom. The first kappa shape index (κ1) is 20.5. The lowest BCUT2D eigenvalue weighted by Gasteiger charge is -2.11. The number of hydrogen-bond acceptors (Lipinski definition) is 4. The maximum Gasteiger partial charge on any atom is 0.251 e. The van der Waals surface area contributed by atoms with Crippen LogP contribution in [-0.2, 0) is 23.1 Å². The van der Waals surface area contributed by atoms with E-state index in [-0.39, 0.29) is 27.9 Å². The van der Waals surface area contributed by atoms with E-state index in [0.717, 1.165) is 16.0 Å². The molecule has 0 aliphatic carbocycles. The molecule has 3 aromatic rings. The summed E-state index contributed by atoms with van der Waals surface area (Å²) in [6.45, 7) is 2.50. The molecule has 8 heteroatoms. The number of rotatable bonds is 7. The number of aryl methyl sites for hydroxylation is 1. The molecule has 0 fully saturated rings. The van der Waals surface area contributed by atoms with Crippen molar-refractivity contribution in [3.05, 3.63) is 86.6 Å². The molecule has 0 saturated carbocycles. The number of amides is 1. The Bertz CT molecular complexity index is 1080. The molecule has 1 amide bonds. The summed E-state index contributed by atoms with van der Waals surface area (Å²) in [5.74, 6) is -0.357. The number of carbonyl (C=O) groups is 1. The van der Waals surface area contributed by atoms with Gasteiger partial charge in [0.25, 0.3) is 5.91 Å². The third kappa shape index (κ3) is 4.99. The molecule has 28 heavy (non-hydrogen) atoms. The molecule has 0 saturated heterocycles. The zero-order valence-electron chi connectivity index (χ0n) is 15.1. The second-order valence-electron chi connectivity index (χ2n) is 6.16. The minimum Gasteiger partial charge on any atom is -0.347 e. The van der Waals surface area contributed by atoms with E-state index in [1.54, 1.807) is 11.3 Å². The van der Waals surface area contributed by atoms with Crippen molar-refractivity contribution in [2.75, 3.05) is 0 Å². The van der Waals surface area contributed by atoms with Crippen LogP contribution in [0.2, 0.25) is 5.02 Å². The van der Waals surface area contributed by atoms with Crippen molar-refractivity contribution in [3.8, 4) is 0 Å². The minimum atomic E-state index is -3.87. The second-order valence-corrected chi connectivity index (χ2v) is 9.31. The van der Waals surface area contributed by atoms with E-state index in [1.807, 2.05) is 48.7 Å². The summed E-state index contributed by atoms with van der Waals surface area (Å²) >= 11 is 7.66. The average molecular weight is 435 g/mol. The SMILES string of the molecule is Cc1ccsc1CNC(=O)c1ccc(Cl)c(S(=O)(=O)NCc2ccccc2)c1. The first-order valence-corrected chi connectivity index (χ1v) is 11.3. The first-order valence-electron chi connectivity index (χ1n) is 8.51. The van der Waals surface area contributed by atoms with Crippen LogP contribution in [0.1, 0.15) is 26.4 Å². The monoisotopic (exact) mass is 434 g/mol. The fraction of sp³-hybridized carbons (Fsp3) is 0.150. The maximum atomic E-state index is 12.7. The normalized spacial score (nSPS) is 11.4. The van der Waals surface area contributed by atoms with Gasteiger partial charge in [0, 0.05) is 17.0 Å². The number of benzene rings is 2. The van der Waals surface area contributed by atoms with Gasteiger partial charge in [-0.3, -0.25) is 4.79 Å². The van der Waals surface area contributed by atoms with Gasteiger partial charge in [-0.25, -0.2) is 13.1 Å². The molecule has 0 radical (unpaired) electrons. The van der Waals surface area contributed by atoms with E-state index in [0.29, 0.717) is 6.54 Å². The van der Waals surface area contributed by atoms with Crippen molar-refractivity contribution in [2.45, 2.75) is 24.9 Å². The predicted octanol–water partition coefficient (Wildman–Crippen LogP) is 4.12. The smallest absolute Gasteiger partial charge is 0.251 e. The van der Waals surface area contributed by atoms with Crippen LogP contribution in [0.25, 0.3) is 0 Å². The topological polar surface area (TPSA) is 75.3 Å². The molecule has 0 spiro atoms. The fourth-order valence-electron chi connectivity index (χ4n) is 2.55. The summed E-state index contributed by atoms with van der Waals surface area (Å²) in [5.41, 5.74) is 2.16. The van der Waals surface area contributed by atoms with Crippen molar-refractivity contribution < 1.29 is 13.2 Å². The van der Waals surface area contributed by atoms with Gasteiger partial charge in [-0.15, -0.1) is 11.3 Å². The lowest BCUT2D eigenvalue weighted by molar-refractivity contribution is 0.0951. The Balaban J connectivity index is 1.74. The molecule has 5 nitrogen and oxygen atoms in total. The number of sulfonamides is 1. The van der Waals surface area contributed by atoms with Gasteiger partial charge in [0.1, 0.15) is 4.90 Å². The molecule has 1 heterocycles. The Morgan fingerprint density at radius 3 is 2.50 bits per heavy atom. The highest BCUT2D eigenvalue weighted by Gasteiger charge is 2.20. The Labute approximate surface area is 173 Å². The van der Waals surface area contributed by atoms with Crippen molar-refractivity contribution in [1.29, 1.82) is 0 Å². The summed E-state index contributed by atoms with van der Waals surface area (Å²) in [6, 6.07) is 15.4. The summed E-state index contributed by atoms with van der Waals surface area (Å²) in [5, 5.41) is 4.83. The van der Waals surface area contributed by atoms with Gasteiger partial charge in [-0.1, -0.05) is 41.9 Å². The molecule has 3 rings (SSSR count). The van der Waals surface area contributed by atoms with Crippen LogP contribution in [0.4, 0.5) is 0 Å². The Kier molecular flexibility index (Phi) is 6.51. The van der Waals surface area contributed by atoms with Crippen LogP contribution in [-0.4, -0.2) is 14.3 Å². The molecule has 0 unspecified atom stereocenters. The van der Waals surface area contributed by atoms with E-state index in [2.05, 4.69) is 10.0 Å². The van der Waals surface area contributed by atoms with Crippen molar-refractivity contribution in [2.24, 2.45) is 0 Å². The summed E-state index contributed by atoms with van der Waals surface area (Å²) in [7, 11) is -3.87. The van der Waals surface area contributed by atoms with E-state index in [4.69, 9.17) is 11.6 Å². The molecule has 146 valence electrons. The maximum absolute atomic E-state index is 12.7. The van der Waals surface area contributed by atoms with Crippen LogP contribution in [0, 0.1) is 6.92 Å². The summed E-state index contributed by atoms with van der Waals surface area (Å²) < 4.78 is 27.8. The van der Waals surface area contributed by atoms with Crippen LogP contribution < -0.4 is 10.0 Å². The highest BCUT2D eigenvalue weighted by atomic mass is 35.5. The molecule has 0 aliphatic heterocycles. The van der Waals surface area contributed by atoms with Crippen LogP contribution in [0.5, 0.6) is 0 Å².